The molecule has 4 amide bonds. The van der Waals surface area contributed by atoms with Gasteiger partial charge >= 0.3 is 18.4 Å². The fourth-order valence-electron chi connectivity index (χ4n) is 4.09. The van der Waals surface area contributed by atoms with Gasteiger partial charge in [-0.25, -0.2) is 14.0 Å². The summed E-state index contributed by atoms with van der Waals surface area (Å²) in [7, 11) is 1.51. The summed E-state index contributed by atoms with van der Waals surface area (Å²) < 4.78 is 54.8. The molecule has 1 heterocycles. The fraction of sp³-hybridized carbons (Fsp3) is 0.571. The quantitative estimate of drug-likeness (QED) is 0.622. The Morgan fingerprint density at radius 1 is 1.27 bits per heavy atom. The number of rotatable bonds is 6. The molecule has 1 unspecified atom stereocenters. The maximum Gasteiger partial charge on any atom is 0.573 e. The highest BCUT2D eigenvalue weighted by atomic mass is 19.4. The van der Waals surface area contributed by atoms with E-state index < -0.39 is 24.0 Å². The number of hydrogen-bond donors (Lipinski definition) is 2. The molecular weight excluding hydrogens is 446 g/mol. The molecule has 1 saturated carbocycles. The van der Waals surface area contributed by atoms with Crippen molar-refractivity contribution in [2.24, 2.45) is 5.92 Å². The molecule has 8 nitrogen and oxygen atoms in total. The van der Waals surface area contributed by atoms with Gasteiger partial charge < -0.3 is 25.2 Å². The van der Waals surface area contributed by atoms with Gasteiger partial charge in [0.15, 0.2) is 0 Å². The zero-order valence-electron chi connectivity index (χ0n) is 18.0. The molecule has 1 aliphatic carbocycles. The van der Waals surface area contributed by atoms with Crippen molar-refractivity contribution in [2.45, 2.75) is 50.7 Å². The zero-order chi connectivity index (χ0) is 24.2. The van der Waals surface area contributed by atoms with Gasteiger partial charge in [-0.3, -0.25) is 0 Å². The second-order valence-corrected chi connectivity index (χ2v) is 8.18. The number of nitrogens with one attached hydrogen (secondary N) is 2. The van der Waals surface area contributed by atoms with E-state index in [2.05, 4.69) is 21.4 Å². The average Bonchev–Trinajstić information content (AvgIpc) is 3.56. The van der Waals surface area contributed by atoms with E-state index in [1.165, 1.54) is 7.05 Å². The number of alkyl halides is 3. The molecule has 0 radical (unpaired) electrons. The number of carbonyl (C=O) groups is 2. The molecule has 1 aromatic rings. The highest BCUT2D eigenvalue weighted by Gasteiger charge is 2.41. The van der Waals surface area contributed by atoms with Gasteiger partial charge in [0, 0.05) is 50.8 Å². The molecule has 0 bridgehead atoms. The third kappa shape index (κ3) is 6.63. The molecule has 2 atom stereocenters. The number of benzene rings is 1. The Labute approximate surface area is 188 Å². The Bertz CT molecular complexity index is 916. The van der Waals surface area contributed by atoms with Crippen molar-refractivity contribution in [1.82, 2.24) is 20.4 Å². The van der Waals surface area contributed by atoms with E-state index in [4.69, 9.17) is 5.26 Å². The van der Waals surface area contributed by atoms with E-state index in [9.17, 15) is 27.2 Å². The van der Waals surface area contributed by atoms with Crippen molar-refractivity contribution in [3.63, 3.8) is 0 Å². The summed E-state index contributed by atoms with van der Waals surface area (Å²) in [6.07, 6.45) is -2.53. The van der Waals surface area contributed by atoms with E-state index in [0.29, 0.717) is 25.6 Å². The number of nitriles is 1. The fourth-order valence-corrected chi connectivity index (χ4v) is 4.09. The number of likely N-dealkylation sites (tertiary alicyclic amines) is 1. The Balaban J connectivity index is 1.68. The van der Waals surface area contributed by atoms with Crippen LogP contribution in [0.25, 0.3) is 0 Å². The van der Waals surface area contributed by atoms with Crippen molar-refractivity contribution in [1.29, 1.82) is 5.26 Å². The van der Waals surface area contributed by atoms with Crippen LogP contribution in [-0.2, 0) is 6.54 Å². The molecule has 2 N–H and O–H groups in total. The standard InChI is InChI=1S/C21H25F4N5O3/c1-27-19(31)29-11-13(6-7-26)8-16(12-29)30(15-3-4-15)20(32)28-10-14-2-5-17(9-18(14)22)33-21(23,24)25/h2,5,9,13,15-16H,3-4,6,8,10-12H2,1H3,(H,27,31)(H,28,32)/t13?,16-/m1/s1. The van der Waals surface area contributed by atoms with Crippen molar-refractivity contribution in [3.8, 4) is 11.8 Å². The van der Waals surface area contributed by atoms with Crippen LogP contribution in [0.2, 0.25) is 0 Å². The number of hydrogen-bond acceptors (Lipinski definition) is 4. The van der Waals surface area contributed by atoms with E-state index in [-0.39, 0.29) is 42.6 Å². The molecular formula is C21H25F4N5O3. The van der Waals surface area contributed by atoms with Crippen molar-refractivity contribution in [2.75, 3.05) is 20.1 Å². The molecule has 2 fully saturated rings. The number of amides is 4. The van der Waals surface area contributed by atoms with Gasteiger partial charge in [0.25, 0.3) is 0 Å². The van der Waals surface area contributed by atoms with Gasteiger partial charge in [-0.1, -0.05) is 6.07 Å². The largest absolute Gasteiger partial charge is 0.573 e. The number of carbonyl (C=O) groups excluding carboxylic acids is 2. The van der Waals surface area contributed by atoms with Crippen LogP contribution in [0.4, 0.5) is 27.2 Å². The molecule has 33 heavy (non-hydrogen) atoms. The predicted molar refractivity (Wildman–Crippen MR) is 108 cm³/mol. The second-order valence-electron chi connectivity index (χ2n) is 8.18. The van der Waals surface area contributed by atoms with Crippen LogP contribution in [0, 0.1) is 23.1 Å². The molecule has 0 aromatic heterocycles. The molecule has 12 heteroatoms. The van der Waals surface area contributed by atoms with Gasteiger partial charge in [0.2, 0.25) is 0 Å². The molecule has 2 aliphatic rings. The van der Waals surface area contributed by atoms with Crippen LogP contribution in [-0.4, -0.2) is 60.4 Å². The summed E-state index contributed by atoms with van der Waals surface area (Å²) in [5.74, 6) is -1.71. The Morgan fingerprint density at radius 3 is 2.58 bits per heavy atom. The molecule has 1 aliphatic heterocycles. The monoisotopic (exact) mass is 471 g/mol. The lowest BCUT2D eigenvalue weighted by Crippen LogP contribution is -2.58. The topological polar surface area (TPSA) is 97.7 Å². The summed E-state index contributed by atoms with van der Waals surface area (Å²) in [5, 5.41) is 14.3. The van der Waals surface area contributed by atoms with Crippen LogP contribution >= 0.6 is 0 Å². The summed E-state index contributed by atoms with van der Waals surface area (Å²) in [5.41, 5.74) is 0.00612. The van der Waals surface area contributed by atoms with Gasteiger partial charge in [-0.2, -0.15) is 5.26 Å². The minimum atomic E-state index is -4.93. The first-order valence-corrected chi connectivity index (χ1v) is 10.5. The summed E-state index contributed by atoms with van der Waals surface area (Å²) >= 11 is 0. The normalized spacial score (nSPS) is 20.5. The Hall–Kier alpha value is -3.23. The van der Waals surface area contributed by atoms with Gasteiger partial charge in [0.1, 0.15) is 11.6 Å². The lowest BCUT2D eigenvalue weighted by Gasteiger charge is -2.42. The predicted octanol–water partition coefficient (Wildman–Crippen LogP) is 3.34. The highest BCUT2D eigenvalue weighted by Crippen LogP contribution is 2.33. The van der Waals surface area contributed by atoms with Crippen LogP contribution in [0.15, 0.2) is 18.2 Å². The third-order valence-electron chi connectivity index (χ3n) is 5.65. The van der Waals surface area contributed by atoms with E-state index in [1.807, 2.05) is 0 Å². The number of ether oxygens (including phenoxy) is 1. The molecule has 3 rings (SSSR count). The summed E-state index contributed by atoms with van der Waals surface area (Å²) in [6.45, 7) is 0.498. The van der Waals surface area contributed by atoms with E-state index in [1.54, 1.807) is 9.80 Å². The van der Waals surface area contributed by atoms with Gasteiger partial charge in [-0.05, 0) is 31.2 Å². The van der Waals surface area contributed by atoms with Crippen LogP contribution < -0.4 is 15.4 Å². The van der Waals surface area contributed by atoms with E-state index >= 15 is 0 Å². The van der Waals surface area contributed by atoms with Crippen LogP contribution in [0.5, 0.6) is 5.75 Å². The molecule has 180 valence electrons. The van der Waals surface area contributed by atoms with Crippen LogP contribution in [0.1, 0.15) is 31.2 Å². The van der Waals surface area contributed by atoms with Gasteiger partial charge in [0.05, 0.1) is 12.1 Å². The Morgan fingerprint density at radius 2 is 2.00 bits per heavy atom. The summed E-state index contributed by atoms with van der Waals surface area (Å²) in [6, 6.07) is 3.76. The van der Waals surface area contributed by atoms with Crippen molar-refractivity contribution >= 4 is 12.1 Å². The number of halogens is 4. The maximum absolute atomic E-state index is 14.2. The van der Waals surface area contributed by atoms with Gasteiger partial charge in [-0.15, -0.1) is 13.2 Å². The number of piperidine rings is 1. The molecule has 1 aromatic carbocycles. The van der Waals surface area contributed by atoms with E-state index in [0.717, 1.165) is 25.0 Å². The highest BCUT2D eigenvalue weighted by molar-refractivity contribution is 5.76. The smallest absolute Gasteiger partial charge is 0.406 e. The third-order valence-corrected chi connectivity index (χ3v) is 5.65. The first-order chi connectivity index (χ1) is 15.6. The molecule has 0 spiro atoms. The lowest BCUT2D eigenvalue weighted by molar-refractivity contribution is -0.274. The van der Waals surface area contributed by atoms with Crippen molar-refractivity contribution < 1.29 is 31.9 Å². The van der Waals surface area contributed by atoms with Crippen LogP contribution in [0.3, 0.4) is 0 Å². The minimum absolute atomic E-state index is 0.00612. The number of nitrogens with zero attached hydrogens (tertiary/aromatic N) is 3. The first kappa shape index (κ1) is 24.4. The molecule has 1 saturated heterocycles. The Kier molecular flexibility index (Phi) is 7.50. The minimum Gasteiger partial charge on any atom is -0.406 e. The first-order valence-electron chi connectivity index (χ1n) is 10.5. The maximum atomic E-state index is 14.2. The number of urea groups is 2. The zero-order valence-corrected chi connectivity index (χ0v) is 18.0. The van der Waals surface area contributed by atoms with Crippen molar-refractivity contribution in [3.05, 3.63) is 29.6 Å². The lowest BCUT2D eigenvalue weighted by atomic mass is 9.91. The average molecular weight is 471 g/mol. The second kappa shape index (κ2) is 10.1. The SMILES string of the molecule is CNC(=O)N1CC(CC#N)C[C@@H](N(C(=O)NCc2ccc(OC(F)(F)F)cc2F)C2CC2)C1. The summed E-state index contributed by atoms with van der Waals surface area (Å²) in [4.78, 5) is 28.4.